The van der Waals surface area contributed by atoms with Gasteiger partial charge in [0.05, 0.1) is 17.6 Å². The van der Waals surface area contributed by atoms with Crippen molar-refractivity contribution in [2.24, 2.45) is 5.92 Å². The molecule has 1 aliphatic rings. The quantitative estimate of drug-likeness (QED) is 0.724. The van der Waals surface area contributed by atoms with Crippen molar-refractivity contribution in [3.05, 3.63) is 16.1 Å². The molecule has 0 saturated heterocycles. The first-order valence-corrected chi connectivity index (χ1v) is 7.36. The predicted octanol–water partition coefficient (Wildman–Crippen LogP) is 3.67. The molecule has 0 spiro atoms. The van der Waals surface area contributed by atoms with Crippen LogP contribution < -0.4 is 0 Å². The summed E-state index contributed by atoms with van der Waals surface area (Å²) in [6.07, 6.45) is 3.94. The van der Waals surface area contributed by atoms with Crippen molar-refractivity contribution < 1.29 is 0 Å². The summed E-state index contributed by atoms with van der Waals surface area (Å²) in [5.41, 5.74) is 1.01. The van der Waals surface area contributed by atoms with Gasteiger partial charge in [-0.2, -0.15) is 0 Å². The number of halogens is 1. The zero-order valence-electron chi connectivity index (χ0n) is 9.95. The maximum Gasteiger partial charge on any atom is 0.110 e. The van der Waals surface area contributed by atoms with E-state index < -0.39 is 0 Å². The number of alkyl halides is 1. The number of nitrogens with zero attached hydrogens (tertiary/aromatic N) is 2. The van der Waals surface area contributed by atoms with Gasteiger partial charge in [-0.1, -0.05) is 6.92 Å². The van der Waals surface area contributed by atoms with E-state index in [1.54, 1.807) is 11.3 Å². The highest BCUT2D eigenvalue weighted by molar-refractivity contribution is 7.09. The van der Waals surface area contributed by atoms with Gasteiger partial charge in [-0.05, 0) is 32.2 Å². The number of hydrogen-bond acceptors (Lipinski definition) is 3. The average molecular weight is 259 g/mol. The first-order valence-electron chi connectivity index (χ1n) is 5.95. The van der Waals surface area contributed by atoms with E-state index in [-0.39, 0.29) is 0 Å². The van der Waals surface area contributed by atoms with E-state index in [1.807, 2.05) is 0 Å². The highest BCUT2D eigenvalue weighted by atomic mass is 35.5. The lowest BCUT2D eigenvalue weighted by molar-refractivity contribution is 0.229. The van der Waals surface area contributed by atoms with Crippen LogP contribution in [-0.4, -0.2) is 23.5 Å². The summed E-state index contributed by atoms with van der Waals surface area (Å²) in [4.78, 5) is 7.05. The molecule has 1 aromatic heterocycles. The highest BCUT2D eigenvalue weighted by Crippen LogP contribution is 2.33. The fraction of sp³-hybridized carbons (Fsp3) is 0.750. The summed E-state index contributed by atoms with van der Waals surface area (Å²) in [6.45, 7) is 3.45. The standard InChI is InChI=1S/C12H19ClN2S/c1-3-11(15(2)7-9-4-5-9)12-14-10(6-13)8-16-12/h8-9,11H,3-7H2,1-2H3. The third-order valence-corrected chi connectivity index (χ3v) is 4.42. The molecule has 0 bridgehead atoms. The van der Waals surface area contributed by atoms with Gasteiger partial charge in [-0.3, -0.25) is 4.90 Å². The van der Waals surface area contributed by atoms with Gasteiger partial charge in [0.25, 0.3) is 0 Å². The first kappa shape index (κ1) is 12.3. The number of aromatic nitrogens is 1. The van der Waals surface area contributed by atoms with Crippen LogP contribution in [0.3, 0.4) is 0 Å². The molecule has 2 rings (SSSR count). The van der Waals surface area contributed by atoms with Crippen molar-refractivity contribution in [2.45, 2.75) is 38.1 Å². The second kappa shape index (κ2) is 5.48. The Morgan fingerprint density at radius 1 is 1.62 bits per heavy atom. The third-order valence-electron chi connectivity index (χ3n) is 3.15. The Balaban J connectivity index is 2.01. The van der Waals surface area contributed by atoms with E-state index in [0.717, 1.165) is 18.0 Å². The second-order valence-corrected chi connectivity index (χ2v) is 5.77. The summed E-state index contributed by atoms with van der Waals surface area (Å²) < 4.78 is 0. The van der Waals surface area contributed by atoms with Gasteiger partial charge in [0.15, 0.2) is 0 Å². The summed E-state index contributed by atoms with van der Waals surface area (Å²) in [7, 11) is 2.22. The topological polar surface area (TPSA) is 16.1 Å². The molecule has 1 heterocycles. The maximum absolute atomic E-state index is 5.79. The summed E-state index contributed by atoms with van der Waals surface area (Å²) in [5.74, 6) is 1.46. The van der Waals surface area contributed by atoms with Gasteiger partial charge in [0.1, 0.15) is 5.01 Å². The van der Waals surface area contributed by atoms with E-state index in [2.05, 4.69) is 29.2 Å². The van der Waals surface area contributed by atoms with Crippen molar-refractivity contribution in [2.75, 3.05) is 13.6 Å². The molecule has 0 amide bonds. The van der Waals surface area contributed by atoms with Gasteiger partial charge in [-0.25, -0.2) is 4.98 Å². The Labute approximate surface area is 107 Å². The van der Waals surface area contributed by atoms with Gasteiger partial charge >= 0.3 is 0 Å². The smallest absolute Gasteiger partial charge is 0.110 e. The Bertz CT molecular complexity index is 336. The first-order chi connectivity index (χ1) is 7.74. The van der Waals surface area contributed by atoms with Crippen LogP contribution in [0, 0.1) is 5.92 Å². The molecular weight excluding hydrogens is 240 g/mol. The van der Waals surface area contributed by atoms with Crippen molar-refractivity contribution in [3.63, 3.8) is 0 Å². The minimum Gasteiger partial charge on any atom is -0.297 e. The van der Waals surface area contributed by atoms with E-state index in [1.165, 1.54) is 24.4 Å². The van der Waals surface area contributed by atoms with Crippen LogP contribution in [0.1, 0.15) is 42.9 Å². The highest BCUT2D eigenvalue weighted by Gasteiger charge is 2.27. The van der Waals surface area contributed by atoms with Crippen molar-refractivity contribution in [1.82, 2.24) is 9.88 Å². The molecule has 1 unspecified atom stereocenters. The Hall–Kier alpha value is -0.120. The molecule has 16 heavy (non-hydrogen) atoms. The lowest BCUT2D eigenvalue weighted by Gasteiger charge is -2.25. The number of hydrogen-bond donors (Lipinski definition) is 0. The van der Waals surface area contributed by atoms with E-state index in [4.69, 9.17) is 11.6 Å². The molecule has 90 valence electrons. The van der Waals surface area contributed by atoms with Crippen LogP contribution in [0.4, 0.5) is 0 Å². The molecule has 1 fully saturated rings. The molecule has 1 aromatic rings. The molecule has 0 N–H and O–H groups in total. The van der Waals surface area contributed by atoms with Crippen molar-refractivity contribution >= 4 is 22.9 Å². The van der Waals surface area contributed by atoms with Crippen molar-refractivity contribution in [3.8, 4) is 0 Å². The summed E-state index contributed by atoms with van der Waals surface area (Å²) in [6, 6.07) is 0.475. The molecule has 1 atom stereocenters. The van der Waals surface area contributed by atoms with E-state index in [0.29, 0.717) is 11.9 Å². The Kier molecular flexibility index (Phi) is 4.22. The zero-order chi connectivity index (χ0) is 11.5. The second-order valence-electron chi connectivity index (χ2n) is 4.62. The molecule has 1 saturated carbocycles. The molecule has 0 aromatic carbocycles. The summed E-state index contributed by atoms with van der Waals surface area (Å²) >= 11 is 7.54. The van der Waals surface area contributed by atoms with Crippen LogP contribution in [0.5, 0.6) is 0 Å². The maximum atomic E-state index is 5.79. The monoisotopic (exact) mass is 258 g/mol. The Morgan fingerprint density at radius 2 is 2.38 bits per heavy atom. The van der Waals surface area contributed by atoms with Crippen molar-refractivity contribution in [1.29, 1.82) is 0 Å². The van der Waals surface area contributed by atoms with Crippen LogP contribution in [-0.2, 0) is 5.88 Å². The van der Waals surface area contributed by atoms with Gasteiger partial charge in [0.2, 0.25) is 0 Å². The predicted molar refractivity (Wildman–Crippen MR) is 70.1 cm³/mol. The fourth-order valence-electron chi connectivity index (χ4n) is 2.05. The largest absolute Gasteiger partial charge is 0.297 e. The lowest BCUT2D eigenvalue weighted by atomic mass is 10.2. The molecule has 2 nitrogen and oxygen atoms in total. The van der Waals surface area contributed by atoms with Crippen LogP contribution in [0.2, 0.25) is 0 Å². The minimum absolute atomic E-state index is 0.475. The lowest BCUT2D eigenvalue weighted by Crippen LogP contribution is -2.26. The fourth-order valence-corrected chi connectivity index (χ4v) is 3.34. The average Bonchev–Trinajstić information content (AvgIpc) is 2.96. The SMILES string of the molecule is CCC(c1nc(CCl)cs1)N(C)CC1CC1. The van der Waals surface area contributed by atoms with E-state index >= 15 is 0 Å². The third kappa shape index (κ3) is 2.96. The molecule has 0 aliphatic heterocycles. The van der Waals surface area contributed by atoms with E-state index in [9.17, 15) is 0 Å². The molecular formula is C12H19ClN2S. The Morgan fingerprint density at radius 3 is 2.88 bits per heavy atom. The van der Waals surface area contributed by atoms with Gasteiger partial charge < -0.3 is 0 Å². The van der Waals surface area contributed by atoms with Gasteiger partial charge in [0, 0.05) is 11.9 Å². The van der Waals surface area contributed by atoms with Crippen LogP contribution >= 0.6 is 22.9 Å². The minimum atomic E-state index is 0.475. The van der Waals surface area contributed by atoms with Crippen LogP contribution in [0.25, 0.3) is 0 Å². The molecule has 4 heteroatoms. The summed E-state index contributed by atoms with van der Waals surface area (Å²) in [5, 5.41) is 3.30. The number of thiazole rings is 1. The van der Waals surface area contributed by atoms with Crippen LogP contribution in [0.15, 0.2) is 5.38 Å². The zero-order valence-corrected chi connectivity index (χ0v) is 11.5. The normalized spacial score (nSPS) is 18.0. The molecule has 1 aliphatic carbocycles. The molecule has 0 radical (unpaired) electrons. The van der Waals surface area contributed by atoms with Gasteiger partial charge in [-0.15, -0.1) is 22.9 Å². The number of rotatable bonds is 6.